The number of nitrogens with two attached hydrogens (primary N) is 1. The Kier molecular flexibility index (Phi) is 3.69. The first-order valence-electron chi connectivity index (χ1n) is 5.26. The Morgan fingerprint density at radius 1 is 1.62 bits per heavy atom. The van der Waals surface area contributed by atoms with Gasteiger partial charge in [-0.3, -0.25) is 0 Å². The van der Waals surface area contributed by atoms with Crippen molar-refractivity contribution >= 4 is 17.2 Å². The summed E-state index contributed by atoms with van der Waals surface area (Å²) in [7, 11) is 0. The van der Waals surface area contributed by atoms with Gasteiger partial charge in [0.05, 0.1) is 6.10 Å². The van der Waals surface area contributed by atoms with Crippen LogP contribution in [0.3, 0.4) is 0 Å². The van der Waals surface area contributed by atoms with E-state index in [-0.39, 0.29) is 6.10 Å². The Labute approximate surface area is 99.8 Å². The Balaban J connectivity index is 1.87. The van der Waals surface area contributed by atoms with Gasteiger partial charge in [-0.25, -0.2) is 4.98 Å². The van der Waals surface area contributed by atoms with Crippen LogP contribution in [0.4, 0.5) is 0 Å². The first-order chi connectivity index (χ1) is 7.75. The molecule has 2 N–H and O–H groups in total. The van der Waals surface area contributed by atoms with Crippen LogP contribution < -0.4 is 10.5 Å². The summed E-state index contributed by atoms with van der Waals surface area (Å²) in [5.74, 6) is 0.579. The van der Waals surface area contributed by atoms with Crippen LogP contribution >= 0.6 is 12.2 Å². The van der Waals surface area contributed by atoms with Gasteiger partial charge in [-0.2, -0.15) is 0 Å². The quantitative estimate of drug-likeness (QED) is 0.801. The summed E-state index contributed by atoms with van der Waals surface area (Å²) in [5, 5.41) is 0. The van der Waals surface area contributed by atoms with Gasteiger partial charge in [-0.15, -0.1) is 0 Å². The minimum Gasteiger partial charge on any atom is -0.475 e. The molecule has 0 radical (unpaired) electrons. The molecule has 2 heterocycles. The van der Waals surface area contributed by atoms with Crippen molar-refractivity contribution in [3.05, 3.63) is 23.9 Å². The van der Waals surface area contributed by atoms with Crippen molar-refractivity contribution in [2.45, 2.75) is 18.9 Å². The van der Waals surface area contributed by atoms with E-state index in [1.54, 1.807) is 18.3 Å². The molecule has 0 amide bonds. The smallest absolute Gasteiger partial charge is 0.213 e. The van der Waals surface area contributed by atoms with Gasteiger partial charge >= 0.3 is 0 Å². The average molecular weight is 238 g/mol. The van der Waals surface area contributed by atoms with E-state index in [9.17, 15) is 0 Å². The third-order valence-corrected chi connectivity index (χ3v) is 2.70. The second-order valence-electron chi connectivity index (χ2n) is 3.70. The number of thiocarbonyl (C=S) groups is 1. The summed E-state index contributed by atoms with van der Waals surface area (Å²) >= 11 is 4.83. The molecule has 1 atom stereocenters. The molecular formula is C11H14N2O2S. The van der Waals surface area contributed by atoms with Crippen LogP contribution in [-0.2, 0) is 4.74 Å². The molecule has 1 aliphatic heterocycles. The Morgan fingerprint density at radius 3 is 3.06 bits per heavy atom. The van der Waals surface area contributed by atoms with E-state index in [4.69, 9.17) is 27.4 Å². The molecule has 0 aromatic carbocycles. The predicted octanol–water partition coefficient (Wildman–Crippen LogP) is 1.27. The zero-order valence-corrected chi connectivity index (χ0v) is 9.70. The van der Waals surface area contributed by atoms with E-state index < -0.39 is 0 Å². The van der Waals surface area contributed by atoms with Crippen LogP contribution in [0.5, 0.6) is 5.88 Å². The molecule has 1 unspecified atom stereocenters. The van der Waals surface area contributed by atoms with Crippen molar-refractivity contribution in [1.29, 1.82) is 0 Å². The maximum absolute atomic E-state index is 5.50. The van der Waals surface area contributed by atoms with Crippen molar-refractivity contribution in [1.82, 2.24) is 4.98 Å². The molecule has 1 aromatic heterocycles. The van der Waals surface area contributed by atoms with Crippen molar-refractivity contribution in [3.63, 3.8) is 0 Å². The molecule has 1 saturated heterocycles. The molecular weight excluding hydrogens is 224 g/mol. The largest absolute Gasteiger partial charge is 0.475 e. The molecule has 4 nitrogen and oxygen atoms in total. The van der Waals surface area contributed by atoms with E-state index in [0.29, 0.717) is 17.5 Å². The summed E-state index contributed by atoms with van der Waals surface area (Å²) in [6.45, 7) is 1.39. The van der Waals surface area contributed by atoms with Crippen LogP contribution in [0, 0.1) is 0 Å². The van der Waals surface area contributed by atoms with Crippen LogP contribution in [0.1, 0.15) is 18.4 Å². The van der Waals surface area contributed by atoms with E-state index in [0.717, 1.165) is 25.0 Å². The summed E-state index contributed by atoms with van der Waals surface area (Å²) in [5.41, 5.74) is 6.22. The van der Waals surface area contributed by atoms with Gasteiger partial charge in [0.15, 0.2) is 0 Å². The van der Waals surface area contributed by atoms with Crippen LogP contribution in [0.15, 0.2) is 18.3 Å². The first kappa shape index (κ1) is 11.3. The summed E-state index contributed by atoms with van der Waals surface area (Å²) in [4.78, 5) is 4.46. The number of hydrogen-bond acceptors (Lipinski definition) is 4. The lowest BCUT2D eigenvalue weighted by molar-refractivity contribution is 0.0663. The monoisotopic (exact) mass is 238 g/mol. The van der Waals surface area contributed by atoms with Crippen molar-refractivity contribution in [2.75, 3.05) is 13.2 Å². The number of nitrogens with zero attached hydrogens (tertiary/aromatic N) is 1. The molecule has 0 spiro atoms. The number of hydrogen-bond donors (Lipinski definition) is 1. The Hall–Kier alpha value is -1.20. The Morgan fingerprint density at radius 2 is 2.50 bits per heavy atom. The first-order valence-corrected chi connectivity index (χ1v) is 5.67. The fourth-order valence-corrected chi connectivity index (χ4v) is 1.69. The summed E-state index contributed by atoms with van der Waals surface area (Å²) < 4.78 is 10.9. The van der Waals surface area contributed by atoms with Crippen molar-refractivity contribution in [2.24, 2.45) is 5.73 Å². The molecule has 16 heavy (non-hydrogen) atoms. The van der Waals surface area contributed by atoms with Crippen molar-refractivity contribution in [3.8, 4) is 5.88 Å². The van der Waals surface area contributed by atoms with Gasteiger partial charge in [0.1, 0.15) is 11.6 Å². The van der Waals surface area contributed by atoms with E-state index >= 15 is 0 Å². The lowest BCUT2D eigenvalue weighted by atomic mass is 10.2. The SMILES string of the molecule is NC(=S)c1ccc(OCC2CCCO2)nc1. The number of ether oxygens (including phenoxy) is 2. The highest BCUT2D eigenvalue weighted by molar-refractivity contribution is 7.80. The molecule has 5 heteroatoms. The van der Waals surface area contributed by atoms with Gasteiger partial charge in [0, 0.05) is 24.4 Å². The minimum absolute atomic E-state index is 0.206. The zero-order valence-electron chi connectivity index (χ0n) is 8.89. The van der Waals surface area contributed by atoms with Gasteiger partial charge in [0.2, 0.25) is 5.88 Å². The highest BCUT2D eigenvalue weighted by atomic mass is 32.1. The second-order valence-corrected chi connectivity index (χ2v) is 4.14. The van der Waals surface area contributed by atoms with Gasteiger partial charge < -0.3 is 15.2 Å². The summed E-state index contributed by atoms with van der Waals surface area (Å²) in [6, 6.07) is 3.57. The normalized spacial score (nSPS) is 19.6. The molecule has 0 saturated carbocycles. The number of rotatable bonds is 4. The lowest BCUT2D eigenvalue weighted by Gasteiger charge is -2.10. The average Bonchev–Trinajstić information content (AvgIpc) is 2.80. The van der Waals surface area contributed by atoms with Gasteiger partial charge in [0.25, 0.3) is 0 Å². The third-order valence-electron chi connectivity index (χ3n) is 2.46. The van der Waals surface area contributed by atoms with E-state index in [2.05, 4.69) is 4.98 Å². The standard InChI is InChI=1S/C11H14N2O2S/c12-11(16)8-3-4-10(13-6-8)15-7-9-2-1-5-14-9/h3-4,6,9H,1-2,5,7H2,(H2,12,16). The number of pyridine rings is 1. The Bertz CT molecular complexity index is 361. The maximum atomic E-state index is 5.50. The fourth-order valence-electron chi connectivity index (χ4n) is 1.57. The topological polar surface area (TPSA) is 57.4 Å². The van der Waals surface area contributed by atoms with Crippen LogP contribution in [0.25, 0.3) is 0 Å². The van der Waals surface area contributed by atoms with Gasteiger partial charge in [-0.1, -0.05) is 12.2 Å². The van der Waals surface area contributed by atoms with Gasteiger partial charge in [-0.05, 0) is 18.9 Å². The van der Waals surface area contributed by atoms with Crippen LogP contribution in [-0.4, -0.2) is 29.3 Å². The maximum Gasteiger partial charge on any atom is 0.213 e. The number of aromatic nitrogens is 1. The fraction of sp³-hybridized carbons (Fsp3) is 0.455. The van der Waals surface area contributed by atoms with E-state index in [1.807, 2.05) is 0 Å². The van der Waals surface area contributed by atoms with Crippen molar-refractivity contribution < 1.29 is 9.47 Å². The molecule has 86 valence electrons. The zero-order chi connectivity index (χ0) is 11.4. The molecule has 1 aliphatic rings. The molecule has 0 aliphatic carbocycles. The predicted molar refractivity (Wildman–Crippen MR) is 64.6 cm³/mol. The van der Waals surface area contributed by atoms with E-state index in [1.165, 1.54) is 0 Å². The molecule has 1 fully saturated rings. The second kappa shape index (κ2) is 5.23. The molecule has 0 bridgehead atoms. The lowest BCUT2D eigenvalue weighted by Crippen LogP contribution is -2.17. The third kappa shape index (κ3) is 2.90. The molecule has 2 rings (SSSR count). The highest BCUT2D eigenvalue weighted by Crippen LogP contribution is 2.14. The minimum atomic E-state index is 0.206. The summed E-state index contributed by atoms with van der Waals surface area (Å²) in [6.07, 6.45) is 4.00. The molecule has 1 aromatic rings. The van der Waals surface area contributed by atoms with Crippen LogP contribution in [0.2, 0.25) is 0 Å². The highest BCUT2D eigenvalue weighted by Gasteiger charge is 2.16.